The molecule has 11 heteroatoms. The number of aliphatic hydroxyl groups excluding tert-OH is 5. The number of rotatable bonds is 59. The maximum absolute atomic E-state index is 13.5. The number of allylic oxidation sites excluding steroid dienone is 11. The molecule has 0 radical (unpaired) electrons. The number of ether oxygens (including phenoxy) is 3. The SMILES string of the molecule is CCCCC/C=C\C/C=C\C/C=C\C/C=C\CCCCCCCCCCCC(=O)OC1C(OCC(NC(=O)C(O)CCCCCCCCCC/C=C/CCCCCCCC)C(O)/C=C/CCCCCCCCCCC)OC(CO)C(O)C1O. The second kappa shape index (κ2) is 59.4. The molecule has 1 fully saturated rings. The monoisotopic (exact) mass is 1170 g/mol. The van der Waals surface area contributed by atoms with Crippen LogP contribution < -0.4 is 5.32 Å². The van der Waals surface area contributed by atoms with Gasteiger partial charge < -0.3 is 45.1 Å². The van der Waals surface area contributed by atoms with Crippen LogP contribution in [0, 0.1) is 0 Å². The molecule has 1 aliphatic rings. The summed E-state index contributed by atoms with van der Waals surface area (Å²) in [7, 11) is 0. The standard InChI is InChI=1S/C72H129NO10/c1-4-7-10-13-16-19-22-24-26-28-30-31-32-33-34-35-36-38-40-42-45-48-51-54-57-60-67(77)83-70-69(79)68(78)66(61-74)82-72(70)81-62-63(64(75)58-55-52-49-46-43-21-18-15-12-9-6-3)73-71(80)65(76)59-56-53-50-47-44-41-39-37-29-27-25-23-20-17-14-11-8-5-2/h16,19,24-27,30-31,33-34,55,58,63-66,68-70,72,74-76,78-79H,4-15,17-18,20-23,28-29,32,35-54,56-57,59-62H2,1-3H3,(H,73,80)/b19-16-,26-24-,27-25+,31-30-,34-33-,58-55+. The summed E-state index contributed by atoms with van der Waals surface area (Å²) in [6, 6.07) is -1.03. The third-order valence-electron chi connectivity index (χ3n) is 16.1. The Hall–Kier alpha value is -2.90. The molecule has 83 heavy (non-hydrogen) atoms. The number of hydrogen-bond donors (Lipinski definition) is 6. The number of esters is 1. The van der Waals surface area contributed by atoms with Gasteiger partial charge in [0.25, 0.3) is 0 Å². The van der Waals surface area contributed by atoms with Gasteiger partial charge in [0.2, 0.25) is 5.91 Å². The van der Waals surface area contributed by atoms with E-state index in [0.717, 1.165) is 96.3 Å². The molecule has 1 saturated heterocycles. The van der Waals surface area contributed by atoms with Crippen LogP contribution in [0.25, 0.3) is 0 Å². The number of aliphatic hydroxyl groups is 5. The van der Waals surface area contributed by atoms with Crippen molar-refractivity contribution >= 4 is 11.9 Å². The van der Waals surface area contributed by atoms with Gasteiger partial charge >= 0.3 is 5.97 Å². The summed E-state index contributed by atoms with van der Waals surface area (Å²) in [6.45, 7) is 5.77. The van der Waals surface area contributed by atoms with Gasteiger partial charge in [-0.3, -0.25) is 9.59 Å². The van der Waals surface area contributed by atoms with E-state index >= 15 is 0 Å². The average molecular weight is 1170 g/mol. The highest BCUT2D eigenvalue weighted by Crippen LogP contribution is 2.26. The molecule has 1 amide bonds. The Morgan fingerprint density at radius 1 is 0.470 bits per heavy atom. The van der Waals surface area contributed by atoms with Crippen molar-refractivity contribution in [2.45, 2.75) is 359 Å². The van der Waals surface area contributed by atoms with Crippen molar-refractivity contribution < 1.29 is 49.3 Å². The molecule has 482 valence electrons. The van der Waals surface area contributed by atoms with Crippen LogP contribution in [0.5, 0.6) is 0 Å². The smallest absolute Gasteiger partial charge is 0.306 e. The minimum atomic E-state index is -1.62. The largest absolute Gasteiger partial charge is 0.454 e. The molecule has 1 heterocycles. The van der Waals surface area contributed by atoms with Crippen molar-refractivity contribution in [3.63, 3.8) is 0 Å². The molecular formula is C72H129NO10. The van der Waals surface area contributed by atoms with Gasteiger partial charge in [-0.1, -0.05) is 280 Å². The lowest BCUT2D eigenvalue weighted by atomic mass is 9.99. The molecule has 6 N–H and O–H groups in total. The van der Waals surface area contributed by atoms with Crippen LogP contribution in [0.2, 0.25) is 0 Å². The number of nitrogens with one attached hydrogen (secondary N) is 1. The van der Waals surface area contributed by atoms with Gasteiger partial charge in [-0.15, -0.1) is 0 Å². The Balaban J connectivity index is 2.57. The Kier molecular flexibility index (Phi) is 55.9. The molecule has 0 aromatic rings. The second-order valence-electron chi connectivity index (χ2n) is 23.9. The number of unbranched alkanes of at least 4 members (excludes halogenated alkanes) is 35. The molecule has 0 aromatic heterocycles. The van der Waals surface area contributed by atoms with Crippen LogP contribution in [0.4, 0.5) is 0 Å². The highest BCUT2D eigenvalue weighted by atomic mass is 16.7. The van der Waals surface area contributed by atoms with Crippen LogP contribution >= 0.6 is 0 Å². The van der Waals surface area contributed by atoms with E-state index in [9.17, 15) is 35.1 Å². The topological polar surface area (TPSA) is 175 Å². The molecule has 0 bridgehead atoms. The summed E-state index contributed by atoms with van der Waals surface area (Å²) < 4.78 is 17.7. The van der Waals surface area contributed by atoms with E-state index in [-0.39, 0.29) is 19.4 Å². The molecule has 0 aromatic carbocycles. The third-order valence-corrected chi connectivity index (χ3v) is 16.1. The highest BCUT2D eigenvalue weighted by Gasteiger charge is 2.47. The average Bonchev–Trinajstić information content (AvgIpc) is 3.67. The lowest BCUT2D eigenvalue weighted by Crippen LogP contribution is -2.61. The minimum Gasteiger partial charge on any atom is -0.454 e. The molecule has 1 aliphatic heterocycles. The summed E-state index contributed by atoms with van der Waals surface area (Å²) in [4.78, 5) is 26.6. The quantitative estimate of drug-likeness (QED) is 0.0195. The van der Waals surface area contributed by atoms with Crippen LogP contribution in [-0.2, 0) is 23.8 Å². The number of carbonyl (C=O) groups is 2. The van der Waals surface area contributed by atoms with Gasteiger partial charge in [-0.05, 0) is 96.3 Å². The first-order valence-electron chi connectivity index (χ1n) is 34.7. The zero-order chi connectivity index (χ0) is 60.3. The fourth-order valence-electron chi connectivity index (χ4n) is 10.6. The van der Waals surface area contributed by atoms with Gasteiger partial charge in [0.1, 0.15) is 24.4 Å². The summed E-state index contributed by atoms with van der Waals surface area (Å²) in [5, 5.41) is 57.1. The Morgan fingerprint density at radius 2 is 0.831 bits per heavy atom. The highest BCUT2D eigenvalue weighted by molar-refractivity contribution is 5.80. The van der Waals surface area contributed by atoms with E-state index in [1.807, 2.05) is 6.08 Å². The summed E-state index contributed by atoms with van der Waals surface area (Å²) in [6.07, 6.45) is 66.5. The molecule has 11 nitrogen and oxygen atoms in total. The zero-order valence-corrected chi connectivity index (χ0v) is 53.6. The van der Waals surface area contributed by atoms with E-state index in [0.29, 0.717) is 12.8 Å². The first-order chi connectivity index (χ1) is 40.7. The zero-order valence-electron chi connectivity index (χ0n) is 53.6. The number of amides is 1. The predicted octanol–water partition coefficient (Wildman–Crippen LogP) is 17.5. The van der Waals surface area contributed by atoms with E-state index in [4.69, 9.17) is 14.2 Å². The molecule has 8 atom stereocenters. The van der Waals surface area contributed by atoms with Crippen LogP contribution in [0.15, 0.2) is 72.9 Å². The van der Waals surface area contributed by atoms with Crippen molar-refractivity contribution in [1.29, 1.82) is 0 Å². The summed E-state index contributed by atoms with van der Waals surface area (Å²) >= 11 is 0. The van der Waals surface area contributed by atoms with Gasteiger partial charge in [0.15, 0.2) is 12.4 Å². The van der Waals surface area contributed by atoms with Crippen molar-refractivity contribution in [2.24, 2.45) is 0 Å². The van der Waals surface area contributed by atoms with Gasteiger partial charge in [-0.2, -0.15) is 0 Å². The van der Waals surface area contributed by atoms with Crippen LogP contribution in [-0.4, -0.2) is 99.6 Å². The van der Waals surface area contributed by atoms with E-state index in [2.05, 4.69) is 86.8 Å². The number of hydrogen-bond acceptors (Lipinski definition) is 10. The van der Waals surface area contributed by atoms with Crippen molar-refractivity contribution in [2.75, 3.05) is 13.2 Å². The Morgan fingerprint density at radius 3 is 1.28 bits per heavy atom. The van der Waals surface area contributed by atoms with Crippen molar-refractivity contribution in [3.8, 4) is 0 Å². The van der Waals surface area contributed by atoms with E-state index < -0.39 is 67.4 Å². The molecule has 1 rings (SSSR count). The molecule has 0 spiro atoms. The summed E-state index contributed by atoms with van der Waals surface area (Å²) in [5.41, 5.74) is 0. The lowest BCUT2D eigenvalue weighted by Gasteiger charge is -2.41. The maximum atomic E-state index is 13.5. The van der Waals surface area contributed by atoms with Crippen molar-refractivity contribution in [1.82, 2.24) is 5.32 Å². The molecular weight excluding hydrogens is 1040 g/mol. The third kappa shape index (κ3) is 46.9. The molecule has 0 saturated carbocycles. The van der Waals surface area contributed by atoms with Gasteiger partial charge in [0.05, 0.1) is 25.4 Å². The van der Waals surface area contributed by atoms with E-state index in [1.165, 1.54) is 167 Å². The Bertz CT molecular complexity index is 1630. The second-order valence-corrected chi connectivity index (χ2v) is 23.9. The van der Waals surface area contributed by atoms with Gasteiger partial charge in [0, 0.05) is 6.42 Å². The first-order valence-corrected chi connectivity index (χ1v) is 34.7. The molecule has 0 aliphatic carbocycles. The minimum absolute atomic E-state index is 0.115. The van der Waals surface area contributed by atoms with Crippen LogP contribution in [0.1, 0.15) is 310 Å². The van der Waals surface area contributed by atoms with Crippen molar-refractivity contribution in [3.05, 3.63) is 72.9 Å². The normalized spacial score (nSPS) is 19.0. The predicted molar refractivity (Wildman–Crippen MR) is 347 cm³/mol. The Labute approximate surface area is 509 Å². The summed E-state index contributed by atoms with van der Waals surface area (Å²) in [5.74, 6) is -1.20. The first kappa shape index (κ1) is 78.1. The van der Waals surface area contributed by atoms with Gasteiger partial charge in [-0.25, -0.2) is 0 Å². The van der Waals surface area contributed by atoms with Crippen LogP contribution in [0.3, 0.4) is 0 Å². The fraction of sp³-hybridized carbons (Fsp3) is 0.806. The molecule has 8 unspecified atom stereocenters. The lowest BCUT2D eigenvalue weighted by molar-refractivity contribution is -0.305. The maximum Gasteiger partial charge on any atom is 0.306 e. The fourth-order valence-corrected chi connectivity index (χ4v) is 10.6. The van der Waals surface area contributed by atoms with E-state index in [1.54, 1.807) is 6.08 Å². The number of carbonyl (C=O) groups excluding carboxylic acids is 2.